The number of imidazole rings is 1. The van der Waals surface area contributed by atoms with E-state index in [9.17, 15) is 5.26 Å². The molecule has 0 saturated heterocycles. The van der Waals surface area contributed by atoms with Crippen LogP contribution in [0.1, 0.15) is 28.1 Å². The number of aryl methyl sites for hydroxylation is 2. The number of fused-ring (bicyclic) bond motifs is 1. The fourth-order valence-corrected chi connectivity index (χ4v) is 2.51. The first kappa shape index (κ1) is 12.4. The summed E-state index contributed by atoms with van der Waals surface area (Å²) in [6.07, 6.45) is 2.58. The molecule has 1 aromatic carbocycles. The zero-order chi connectivity index (χ0) is 14.1. The van der Waals surface area contributed by atoms with Gasteiger partial charge in [0.05, 0.1) is 5.69 Å². The second-order valence-corrected chi connectivity index (χ2v) is 5.07. The van der Waals surface area contributed by atoms with E-state index in [1.807, 2.05) is 35.7 Å². The van der Waals surface area contributed by atoms with Gasteiger partial charge in [0, 0.05) is 12.6 Å². The van der Waals surface area contributed by atoms with Crippen LogP contribution in [0.4, 0.5) is 0 Å². The number of nitriles is 1. The highest BCUT2D eigenvalue weighted by Crippen LogP contribution is 2.18. The molecule has 0 spiro atoms. The molecule has 3 heteroatoms. The molecule has 3 aromatic rings. The predicted octanol–water partition coefficient (Wildman–Crippen LogP) is 3.41. The van der Waals surface area contributed by atoms with Gasteiger partial charge in [-0.1, -0.05) is 35.9 Å². The van der Waals surface area contributed by atoms with Gasteiger partial charge in [0.1, 0.15) is 17.4 Å². The lowest BCUT2D eigenvalue weighted by molar-refractivity contribution is 1.08. The van der Waals surface area contributed by atoms with Crippen LogP contribution in [0.15, 0.2) is 42.6 Å². The van der Waals surface area contributed by atoms with Crippen molar-refractivity contribution in [2.24, 2.45) is 0 Å². The van der Waals surface area contributed by atoms with Crippen LogP contribution in [0.2, 0.25) is 0 Å². The molecule has 2 aromatic heterocycles. The molecular formula is C17H15N3. The van der Waals surface area contributed by atoms with Gasteiger partial charge in [-0.25, -0.2) is 4.98 Å². The first-order chi connectivity index (χ1) is 9.69. The lowest BCUT2D eigenvalue weighted by Crippen LogP contribution is -1.94. The summed E-state index contributed by atoms with van der Waals surface area (Å²) in [6.45, 7) is 4.09. The molecule has 2 heterocycles. The molecule has 0 aliphatic heterocycles. The average Bonchev–Trinajstić information content (AvgIpc) is 2.77. The monoisotopic (exact) mass is 261 g/mol. The van der Waals surface area contributed by atoms with E-state index >= 15 is 0 Å². The van der Waals surface area contributed by atoms with E-state index in [1.54, 1.807) is 0 Å². The van der Waals surface area contributed by atoms with E-state index in [0.29, 0.717) is 12.1 Å². The molecule has 3 nitrogen and oxygen atoms in total. The van der Waals surface area contributed by atoms with Crippen molar-refractivity contribution in [1.82, 2.24) is 9.38 Å². The van der Waals surface area contributed by atoms with E-state index in [2.05, 4.69) is 36.2 Å². The van der Waals surface area contributed by atoms with Crippen molar-refractivity contribution in [3.05, 3.63) is 70.7 Å². The topological polar surface area (TPSA) is 41.1 Å². The van der Waals surface area contributed by atoms with E-state index in [0.717, 1.165) is 16.9 Å². The molecule has 20 heavy (non-hydrogen) atoms. The van der Waals surface area contributed by atoms with E-state index < -0.39 is 0 Å². The summed E-state index contributed by atoms with van der Waals surface area (Å²) in [5.41, 5.74) is 5.83. The zero-order valence-corrected chi connectivity index (χ0v) is 11.6. The van der Waals surface area contributed by atoms with Gasteiger partial charge in [-0.05, 0) is 31.0 Å². The standard InChI is InChI=1S/C17H15N3/c1-12-5-3-7-14(9-12)10-15-16(11-18)20-8-4-6-13(2)17(20)19-15/h3-9H,10H2,1-2H3. The molecule has 0 radical (unpaired) electrons. The summed E-state index contributed by atoms with van der Waals surface area (Å²) in [5.74, 6) is 0. The zero-order valence-electron chi connectivity index (χ0n) is 11.6. The number of nitrogens with zero attached hydrogens (tertiary/aromatic N) is 3. The fraction of sp³-hybridized carbons (Fsp3) is 0.176. The van der Waals surface area contributed by atoms with Gasteiger partial charge in [-0.2, -0.15) is 5.26 Å². The SMILES string of the molecule is Cc1cccc(Cc2nc3c(C)cccn3c2C#N)c1. The number of hydrogen-bond acceptors (Lipinski definition) is 2. The summed E-state index contributed by atoms with van der Waals surface area (Å²) in [6, 6.07) is 14.6. The van der Waals surface area contributed by atoms with Crippen molar-refractivity contribution in [2.75, 3.05) is 0 Å². The van der Waals surface area contributed by atoms with Crippen molar-refractivity contribution >= 4 is 5.65 Å². The van der Waals surface area contributed by atoms with E-state index in [-0.39, 0.29) is 0 Å². The lowest BCUT2D eigenvalue weighted by Gasteiger charge is -2.00. The molecule has 98 valence electrons. The Balaban J connectivity index is 2.12. The Kier molecular flexibility index (Phi) is 3.00. The molecule has 0 atom stereocenters. The summed E-state index contributed by atoms with van der Waals surface area (Å²) in [4.78, 5) is 4.65. The number of pyridine rings is 1. The molecule has 0 fully saturated rings. The van der Waals surface area contributed by atoms with Crippen LogP contribution in [0.5, 0.6) is 0 Å². The van der Waals surface area contributed by atoms with E-state index in [1.165, 1.54) is 11.1 Å². The molecule has 0 bridgehead atoms. The molecule has 0 N–H and O–H groups in total. The van der Waals surface area contributed by atoms with Crippen molar-refractivity contribution in [1.29, 1.82) is 5.26 Å². The van der Waals surface area contributed by atoms with Crippen LogP contribution in [0.3, 0.4) is 0 Å². The molecule has 0 saturated carbocycles. The van der Waals surface area contributed by atoms with Crippen LogP contribution in [-0.4, -0.2) is 9.38 Å². The Morgan fingerprint density at radius 3 is 2.80 bits per heavy atom. The average molecular weight is 261 g/mol. The smallest absolute Gasteiger partial charge is 0.148 e. The highest BCUT2D eigenvalue weighted by atomic mass is 15.0. The summed E-state index contributed by atoms with van der Waals surface area (Å²) in [5, 5.41) is 9.42. The third-order valence-electron chi connectivity index (χ3n) is 3.48. The second-order valence-electron chi connectivity index (χ2n) is 5.07. The minimum absolute atomic E-state index is 0.630. The van der Waals surface area contributed by atoms with Gasteiger partial charge in [0.2, 0.25) is 0 Å². The van der Waals surface area contributed by atoms with Gasteiger partial charge in [0.15, 0.2) is 0 Å². The summed E-state index contributed by atoms with van der Waals surface area (Å²) in [7, 11) is 0. The van der Waals surface area contributed by atoms with Crippen LogP contribution < -0.4 is 0 Å². The lowest BCUT2D eigenvalue weighted by atomic mass is 10.1. The maximum absolute atomic E-state index is 9.42. The van der Waals surface area contributed by atoms with Gasteiger partial charge in [-0.3, -0.25) is 4.40 Å². The summed E-state index contributed by atoms with van der Waals surface area (Å²) < 4.78 is 1.88. The number of benzene rings is 1. The molecule has 0 amide bonds. The van der Waals surface area contributed by atoms with Gasteiger partial charge >= 0.3 is 0 Å². The number of hydrogen-bond donors (Lipinski definition) is 0. The highest BCUT2D eigenvalue weighted by molar-refractivity contribution is 5.53. The Bertz CT molecular complexity index is 822. The predicted molar refractivity (Wildman–Crippen MR) is 78.6 cm³/mol. The third kappa shape index (κ3) is 2.06. The Labute approximate surface area is 118 Å². The van der Waals surface area contributed by atoms with Crippen molar-refractivity contribution in [3.63, 3.8) is 0 Å². The fourth-order valence-electron chi connectivity index (χ4n) is 2.51. The maximum Gasteiger partial charge on any atom is 0.148 e. The van der Waals surface area contributed by atoms with Gasteiger partial charge < -0.3 is 0 Å². The first-order valence-electron chi connectivity index (χ1n) is 6.61. The number of aromatic nitrogens is 2. The molecule has 0 unspecified atom stereocenters. The summed E-state index contributed by atoms with van der Waals surface area (Å²) >= 11 is 0. The largest absolute Gasteiger partial charge is 0.291 e. The highest BCUT2D eigenvalue weighted by Gasteiger charge is 2.13. The molecule has 3 rings (SSSR count). The molecular weight excluding hydrogens is 246 g/mol. The minimum atomic E-state index is 0.630. The number of rotatable bonds is 2. The van der Waals surface area contributed by atoms with Crippen molar-refractivity contribution < 1.29 is 0 Å². The first-order valence-corrected chi connectivity index (χ1v) is 6.61. The second kappa shape index (κ2) is 4.82. The molecule has 0 aliphatic rings. The third-order valence-corrected chi connectivity index (χ3v) is 3.48. The van der Waals surface area contributed by atoms with Crippen LogP contribution in [0.25, 0.3) is 5.65 Å². The quantitative estimate of drug-likeness (QED) is 0.709. The Morgan fingerprint density at radius 2 is 2.05 bits per heavy atom. The van der Waals surface area contributed by atoms with Crippen LogP contribution in [-0.2, 0) is 6.42 Å². The van der Waals surface area contributed by atoms with Crippen LogP contribution >= 0.6 is 0 Å². The Morgan fingerprint density at radius 1 is 1.20 bits per heavy atom. The van der Waals surface area contributed by atoms with Crippen molar-refractivity contribution in [3.8, 4) is 6.07 Å². The normalized spacial score (nSPS) is 10.7. The maximum atomic E-state index is 9.42. The molecule has 0 aliphatic carbocycles. The minimum Gasteiger partial charge on any atom is -0.291 e. The van der Waals surface area contributed by atoms with E-state index in [4.69, 9.17) is 0 Å². The van der Waals surface area contributed by atoms with Gasteiger partial charge in [0.25, 0.3) is 0 Å². The van der Waals surface area contributed by atoms with Crippen LogP contribution in [0, 0.1) is 25.2 Å². The van der Waals surface area contributed by atoms with Crippen molar-refractivity contribution in [2.45, 2.75) is 20.3 Å². The Hall–Kier alpha value is -2.60. The van der Waals surface area contributed by atoms with Gasteiger partial charge in [-0.15, -0.1) is 0 Å².